The van der Waals surface area contributed by atoms with Crippen LogP contribution in [-0.2, 0) is 0 Å². The van der Waals surface area contributed by atoms with Crippen LogP contribution in [0, 0.1) is 0 Å². The number of guanidine groups is 1. The second kappa shape index (κ2) is 10.8. The van der Waals surface area contributed by atoms with E-state index in [-0.39, 0.29) is 24.0 Å². The monoisotopic (exact) mass is 455 g/mol. The van der Waals surface area contributed by atoms with Crippen molar-refractivity contribution in [3.63, 3.8) is 0 Å². The van der Waals surface area contributed by atoms with Gasteiger partial charge in [0.15, 0.2) is 5.96 Å². The van der Waals surface area contributed by atoms with E-state index in [1.165, 1.54) is 5.56 Å². The van der Waals surface area contributed by atoms with Gasteiger partial charge in [0.2, 0.25) is 0 Å². The molecule has 0 aromatic heterocycles. The van der Waals surface area contributed by atoms with Gasteiger partial charge in [-0.1, -0.05) is 32.0 Å². The van der Waals surface area contributed by atoms with Gasteiger partial charge in [-0.3, -0.25) is 0 Å². The van der Waals surface area contributed by atoms with Crippen molar-refractivity contribution >= 4 is 35.6 Å². The number of nitrogens with zero attached hydrogens (tertiary/aromatic N) is 1. The minimum absolute atomic E-state index is 0. The number of nitrogens with one attached hydrogen (secondary N) is 1. The number of rotatable bonds is 7. The van der Waals surface area contributed by atoms with Gasteiger partial charge in [0.1, 0.15) is 18.1 Å². The van der Waals surface area contributed by atoms with Crippen molar-refractivity contribution in [3.8, 4) is 11.5 Å². The number of benzene rings is 2. The summed E-state index contributed by atoms with van der Waals surface area (Å²) in [6, 6.07) is 15.6. The lowest BCUT2D eigenvalue weighted by atomic mass is 10.0. The summed E-state index contributed by atoms with van der Waals surface area (Å²) in [5.74, 6) is 2.49. The second-order valence-corrected chi connectivity index (χ2v) is 5.66. The molecular weight excluding hydrogens is 429 g/mol. The highest BCUT2D eigenvalue weighted by molar-refractivity contribution is 14.0. The van der Waals surface area contributed by atoms with Crippen molar-refractivity contribution in [2.45, 2.75) is 19.8 Å². The lowest BCUT2D eigenvalue weighted by molar-refractivity contribution is 0.324. The van der Waals surface area contributed by atoms with Gasteiger partial charge in [-0.2, -0.15) is 0 Å². The highest BCUT2D eigenvalue weighted by Gasteiger charge is 2.06. The van der Waals surface area contributed by atoms with Crippen LogP contribution in [0.25, 0.3) is 0 Å². The first-order chi connectivity index (χ1) is 11.6. The number of anilines is 1. The summed E-state index contributed by atoms with van der Waals surface area (Å²) in [5, 5.41) is 3.04. The molecule has 3 N–H and O–H groups in total. The zero-order valence-corrected chi connectivity index (χ0v) is 17.2. The average molecular weight is 455 g/mol. The molecule has 0 spiro atoms. The molecule has 0 unspecified atom stereocenters. The van der Waals surface area contributed by atoms with E-state index in [1.807, 2.05) is 42.5 Å². The zero-order valence-electron chi connectivity index (χ0n) is 14.9. The first-order valence-corrected chi connectivity index (χ1v) is 8.03. The normalized spacial score (nSPS) is 11.0. The summed E-state index contributed by atoms with van der Waals surface area (Å²) in [4.78, 5) is 4.28. The van der Waals surface area contributed by atoms with Crippen LogP contribution in [-0.4, -0.2) is 26.2 Å². The molecule has 25 heavy (non-hydrogen) atoms. The molecule has 0 amide bonds. The van der Waals surface area contributed by atoms with Gasteiger partial charge in [-0.25, -0.2) is 4.99 Å². The van der Waals surface area contributed by atoms with Crippen LogP contribution >= 0.6 is 24.0 Å². The van der Waals surface area contributed by atoms with E-state index in [0.29, 0.717) is 25.0 Å². The SMILES string of the molecule is COc1ccc(NC(N)=NCCOc2ccccc2C(C)C)cc1.I. The van der Waals surface area contributed by atoms with Gasteiger partial charge in [0, 0.05) is 5.69 Å². The topological polar surface area (TPSA) is 68.9 Å². The smallest absolute Gasteiger partial charge is 0.193 e. The molecule has 0 radical (unpaired) electrons. The minimum atomic E-state index is 0. The van der Waals surface area contributed by atoms with Gasteiger partial charge in [0.25, 0.3) is 0 Å². The maximum Gasteiger partial charge on any atom is 0.193 e. The van der Waals surface area contributed by atoms with Crippen molar-refractivity contribution < 1.29 is 9.47 Å². The van der Waals surface area contributed by atoms with Crippen LogP contribution in [0.3, 0.4) is 0 Å². The van der Waals surface area contributed by atoms with Crippen molar-refractivity contribution in [3.05, 3.63) is 54.1 Å². The van der Waals surface area contributed by atoms with E-state index < -0.39 is 0 Å². The van der Waals surface area contributed by atoms with Crippen molar-refractivity contribution in [2.75, 3.05) is 25.6 Å². The Bertz CT molecular complexity index is 673. The standard InChI is InChI=1S/C19H25N3O2.HI/c1-14(2)17-6-4-5-7-18(17)24-13-12-21-19(20)22-15-8-10-16(23-3)11-9-15;/h4-11,14H,12-13H2,1-3H3,(H3,20,21,22);1H. The molecular formula is C19H26IN3O2. The molecule has 0 aliphatic rings. The zero-order chi connectivity index (χ0) is 17.4. The molecule has 0 heterocycles. The quantitative estimate of drug-likeness (QED) is 0.284. The highest BCUT2D eigenvalue weighted by atomic mass is 127. The van der Waals surface area contributed by atoms with E-state index in [2.05, 4.69) is 30.2 Å². The van der Waals surface area contributed by atoms with Crippen molar-refractivity contribution in [2.24, 2.45) is 10.7 Å². The van der Waals surface area contributed by atoms with Gasteiger partial charge in [-0.15, -0.1) is 24.0 Å². The fourth-order valence-electron chi connectivity index (χ4n) is 2.27. The van der Waals surface area contributed by atoms with Crippen LogP contribution in [0.4, 0.5) is 5.69 Å². The number of halogens is 1. The average Bonchev–Trinajstić information content (AvgIpc) is 2.59. The Morgan fingerprint density at radius 1 is 1.12 bits per heavy atom. The molecule has 0 atom stereocenters. The van der Waals surface area contributed by atoms with Gasteiger partial charge in [0.05, 0.1) is 13.7 Å². The fourth-order valence-corrected chi connectivity index (χ4v) is 2.27. The summed E-state index contributed by atoms with van der Waals surface area (Å²) in [7, 11) is 1.63. The predicted molar refractivity (Wildman–Crippen MR) is 115 cm³/mol. The Kier molecular flexibility index (Phi) is 9.12. The third kappa shape index (κ3) is 6.81. The van der Waals surface area contributed by atoms with E-state index >= 15 is 0 Å². The molecule has 2 rings (SSSR count). The molecule has 0 bridgehead atoms. The summed E-state index contributed by atoms with van der Waals surface area (Å²) in [6.45, 7) is 5.27. The molecule has 2 aromatic carbocycles. The van der Waals surface area contributed by atoms with Crippen LogP contribution in [0.2, 0.25) is 0 Å². The van der Waals surface area contributed by atoms with Crippen molar-refractivity contribution in [1.29, 1.82) is 0 Å². The molecule has 0 saturated carbocycles. The summed E-state index contributed by atoms with van der Waals surface area (Å²) < 4.78 is 10.9. The minimum Gasteiger partial charge on any atom is -0.497 e. The number of para-hydroxylation sites is 1. The molecule has 5 nitrogen and oxygen atoms in total. The van der Waals surface area contributed by atoms with Crippen LogP contribution in [0.15, 0.2) is 53.5 Å². The van der Waals surface area contributed by atoms with E-state index in [4.69, 9.17) is 15.2 Å². The Labute approximate surface area is 166 Å². The Balaban J connectivity index is 0.00000312. The molecule has 0 saturated heterocycles. The highest BCUT2D eigenvalue weighted by Crippen LogP contribution is 2.25. The van der Waals surface area contributed by atoms with E-state index in [0.717, 1.165) is 17.2 Å². The van der Waals surface area contributed by atoms with Crippen LogP contribution in [0.5, 0.6) is 11.5 Å². The van der Waals surface area contributed by atoms with Crippen LogP contribution in [0.1, 0.15) is 25.3 Å². The number of nitrogens with two attached hydrogens (primary N) is 1. The molecule has 0 aliphatic heterocycles. The van der Waals surface area contributed by atoms with Gasteiger partial charge >= 0.3 is 0 Å². The predicted octanol–water partition coefficient (Wildman–Crippen LogP) is 4.24. The second-order valence-electron chi connectivity index (χ2n) is 5.66. The lowest BCUT2D eigenvalue weighted by Gasteiger charge is -2.13. The molecule has 2 aromatic rings. The first kappa shape index (κ1) is 21.1. The number of hydrogen-bond donors (Lipinski definition) is 2. The lowest BCUT2D eigenvalue weighted by Crippen LogP contribution is -2.23. The van der Waals surface area contributed by atoms with Crippen molar-refractivity contribution in [1.82, 2.24) is 0 Å². The van der Waals surface area contributed by atoms with Gasteiger partial charge in [-0.05, 0) is 41.8 Å². The van der Waals surface area contributed by atoms with Crippen LogP contribution < -0.4 is 20.5 Å². The fraction of sp³-hybridized carbons (Fsp3) is 0.316. The Hall–Kier alpha value is -1.96. The Morgan fingerprint density at radius 2 is 1.80 bits per heavy atom. The number of aliphatic imine (C=N–C) groups is 1. The summed E-state index contributed by atoms with van der Waals surface area (Å²) in [6.07, 6.45) is 0. The molecule has 6 heteroatoms. The number of methoxy groups -OCH3 is 1. The number of hydrogen-bond acceptors (Lipinski definition) is 3. The maximum atomic E-state index is 5.89. The summed E-state index contributed by atoms with van der Waals surface area (Å²) in [5.41, 5.74) is 7.95. The molecule has 136 valence electrons. The third-order valence-electron chi connectivity index (χ3n) is 3.53. The first-order valence-electron chi connectivity index (χ1n) is 8.03. The number of ether oxygens (including phenoxy) is 2. The largest absolute Gasteiger partial charge is 0.497 e. The maximum absolute atomic E-state index is 5.89. The third-order valence-corrected chi connectivity index (χ3v) is 3.53. The summed E-state index contributed by atoms with van der Waals surface area (Å²) >= 11 is 0. The van der Waals surface area contributed by atoms with E-state index in [9.17, 15) is 0 Å². The van der Waals surface area contributed by atoms with E-state index in [1.54, 1.807) is 7.11 Å². The Morgan fingerprint density at radius 3 is 2.44 bits per heavy atom. The molecule has 0 fully saturated rings. The van der Waals surface area contributed by atoms with Gasteiger partial charge < -0.3 is 20.5 Å². The molecule has 0 aliphatic carbocycles.